The summed E-state index contributed by atoms with van der Waals surface area (Å²) in [4.78, 5) is 17.0. The number of aryl methyl sites for hydroxylation is 1. The number of furan rings is 1. The molecule has 1 fully saturated rings. The number of benzene rings is 1. The topological polar surface area (TPSA) is 60.1 Å². The van der Waals surface area contributed by atoms with Gasteiger partial charge in [-0.1, -0.05) is 30.0 Å². The molecule has 3 aromatic rings. The lowest BCUT2D eigenvalue weighted by atomic mass is 10.2. The third-order valence-electron chi connectivity index (χ3n) is 4.85. The molecule has 1 atom stereocenters. The maximum Gasteiger partial charge on any atom is 0.231 e. The van der Waals surface area contributed by atoms with E-state index >= 15 is 0 Å². The summed E-state index contributed by atoms with van der Waals surface area (Å²) in [7, 11) is 0. The fraction of sp³-hybridized carbons (Fsp3) is 0.400. The predicted octanol–water partition coefficient (Wildman–Crippen LogP) is 4.55. The van der Waals surface area contributed by atoms with Crippen LogP contribution in [0.25, 0.3) is 11.0 Å². The number of hydrogen-bond donors (Lipinski definition) is 1. The Bertz CT molecular complexity index is 922. The molecule has 136 valence electrons. The molecule has 1 aliphatic rings. The molecule has 0 unspecified atom stereocenters. The minimum absolute atomic E-state index is 0.0105. The smallest absolute Gasteiger partial charge is 0.231 e. The largest absolute Gasteiger partial charge is 0.459 e. The highest BCUT2D eigenvalue weighted by molar-refractivity contribution is 7.99. The molecule has 0 spiro atoms. The molecule has 0 saturated heterocycles. The Kier molecular flexibility index (Phi) is 4.53. The predicted molar refractivity (Wildman–Crippen MR) is 103 cm³/mol. The van der Waals surface area contributed by atoms with Crippen LogP contribution in [0.1, 0.15) is 49.0 Å². The second-order valence-corrected chi connectivity index (χ2v) is 7.87. The maximum atomic E-state index is 12.4. The summed E-state index contributed by atoms with van der Waals surface area (Å²) < 4.78 is 8.12. The molecule has 1 saturated carbocycles. The molecule has 6 heteroatoms. The van der Waals surface area contributed by atoms with Gasteiger partial charge in [-0.05, 0) is 45.7 Å². The molecular weight excluding hydrogens is 346 g/mol. The number of fused-ring (bicyclic) bond motifs is 1. The van der Waals surface area contributed by atoms with Crippen molar-refractivity contribution in [3.63, 3.8) is 0 Å². The van der Waals surface area contributed by atoms with Crippen LogP contribution in [0.15, 0.2) is 39.9 Å². The molecule has 26 heavy (non-hydrogen) atoms. The van der Waals surface area contributed by atoms with E-state index in [1.165, 1.54) is 30.3 Å². The van der Waals surface area contributed by atoms with Crippen molar-refractivity contribution in [1.82, 2.24) is 14.9 Å². The first-order chi connectivity index (χ1) is 12.5. The van der Waals surface area contributed by atoms with Gasteiger partial charge in [-0.3, -0.25) is 4.79 Å². The van der Waals surface area contributed by atoms with Crippen LogP contribution in [0.4, 0.5) is 0 Å². The van der Waals surface area contributed by atoms with Crippen molar-refractivity contribution in [3.8, 4) is 0 Å². The van der Waals surface area contributed by atoms with Gasteiger partial charge in [0.1, 0.15) is 11.3 Å². The van der Waals surface area contributed by atoms with Crippen LogP contribution < -0.4 is 5.32 Å². The van der Waals surface area contributed by atoms with Gasteiger partial charge in [0, 0.05) is 17.1 Å². The average molecular weight is 369 g/mol. The number of carbonyl (C=O) groups is 1. The number of nitrogens with zero attached hydrogens (tertiary/aromatic N) is 2. The molecule has 0 aliphatic heterocycles. The van der Waals surface area contributed by atoms with Crippen LogP contribution in [-0.2, 0) is 4.79 Å². The van der Waals surface area contributed by atoms with Crippen molar-refractivity contribution in [1.29, 1.82) is 0 Å². The normalized spacial score (nSPS) is 15.3. The van der Waals surface area contributed by atoms with Gasteiger partial charge in [0.2, 0.25) is 5.91 Å². The summed E-state index contributed by atoms with van der Waals surface area (Å²) >= 11 is 1.51. The number of aromatic nitrogens is 2. The maximum absolute atomic E-state index is 12.4. The lowest BCUT2D eigenvalue weighted by molar-refractivity contribution is -0.119. The number of carbonyl (C=O) groups excluding carboxylic acids is 1. The van der Waals surface area contributed by atoms with Gasteiger partial charge in [-0.15, -0.1) is 0 Å². The van der Waals surface area contributed by atoms with E-state index in [0.717, 1.165) is 27.6 Å². The lowest BCUT2D eigenvalue weighted by Crippen LogP contribution is -2.28. The summed E-state index contributed by atoms with van der Waals surface area (Å²) in [6.07, 6.45) is 2.42. The first kappa shape index (κ1) is 17.2. The van der Waals surface area contributed by atoms with Crippen LogP contribution in [0.3, 0.4) is 0 Å². The SMILES string of the molecule is Cc1nc(SCC(=O)N[C@@H](C)c2cc3ccccc3o2)n(C2CC2)c1C. The van der Waals surface area contributed by atoms with Crippen molar-refractivity contribution in [2.45, 2.75) is 50.9 Å². The Balaban J connectivity index is 1.39. The Morgan fingerprint density at radius 1 is 1.38 bits per heavy atom. The van der Waals surface area contributed by atoms with E-state index in [1.807, 2.05) is 44.2 Å². The zero-order valence-electron chi connectivity index (χ0n) is 15.3. The van der Waals surface area contributed by atoms with Gasteiger partial charge in [0.15, 0.2) is 5.16 Å². The fourth-order valence-electron chi connectivity index (χ4n) is 3.16. The number of hydrogen-bond acceptors (Lipinski definition) is 4. The highest BCUT2D eigenvalue weighted by Crippen LogP contribution is 2.39. The number of thioether (sulfide) groups is 1. The van der Waals surface area contributed by atoms with E-state index in [4.69, 9.17) is 4.42 Å². The van der Waals surface area contributed by atoms with Crippen LogP contribution in [0.2, 0.25) is 0 Å². The third-order valence-corrected chi connectivity index (χ3v) is 5.80. The number of para-hydroxylation sites is 1. The Hall–Kier alpha value is -2.21. The molecule has 1 aliphatic carbocycles. The summed E-state index contributed by atoms with van der Waals surface area (Å²) in [6, 6.07) is 10.3. The van der Waals surface area contributed by atoms with Crippen molar-refractivity contribution in [2.75, 3.05) is 5.75 Å². The molecule has 2 aromatic heterocycles. The number of amides is 1. The molecule has 0 bridgehead atoms. The van der Waals surface area contributed by atoms with Crippen molar-refractivity contribution >= 4 is 28.6 Å². The van der Waals surface area contributed by atoms with Gasteiger partial charge < -0.3 is 14.3 Å². The van der Waals surface area contributed by atoms with Crippen molar-refractivity contribution in [2.24, 2.45) is 0 Å². The summed E-state index contributed by atoms with van der Waals surface area (Å²) in [5, 5.41) is 5.03. The number of imidazole rings is 1. The van der Waals surface area contributed by atoms with E-state index in [0.29, 0.717) is 11.8 Å². The van der Waals surface area contributed by atoms with Gasteiger partial charge in [0.25, 0.3) is 0 Å². The van der Waals surface area contributed by atoms with Gasteiger partial charge >= 0.3 is 0 Å². The highest BCUT2D eigenvalue weighted by Gasteiger charge is 2.29. The first-order valence-corrected chi connectivity index (χ1v) is 9.97. The average Bonchev–Trinajstić information content (AvgIpc) is 3.28. The summed E-state index contributed by atoms with van der Waals surface area (Å²) in [5.41, 5.74) is 3.11. The van der Waals surface area contributed by atoms with Crippen LogP contribution >= 0.6 is 11.8 Å². The second-order valence-electron chi connectivity index (χ2n) is 6.93. The zero-order chi connectivity index (χ0) is 18.3. The zero-order valence-corrected chi connectivity index (χ0v) is 16.1. The lowest BCUT2D eigenvalue weighted by Gasteiger charge is -2.12. The standard InChI is InChI=1S/C20H23N3O2S/c1-12-14(3)23(16-8-9-16)20(22-12)26-11-19(24)21-13(2)18-10-15-6-4-5-7-17(15)25-18/h4-7,10,13,16H,8-9,11H2,1-3H3,(H,21,24)/t13-/m0/s1. The Labute approximate surface area is 157 Å². The quantitative estimate of drug-likeness (QED) is 0.648. The molecular formula is C20H23N3O2S. The molecule has 4 rings (SSSR count). The first-order valence-electron chi connectivity index (χ1n) is 8.99. The van der Waals surface area contributed by atoms with Crippen molar-refractivity contribution in [3.05, 3.63) is 47.5 Å². The van der Waals surface area contributed by atoms with E-state index in [9.17, 15) is 4.79 Å². The Morgan fingerprint density at radius 3 is 2.88 bits per heavy atom. The molecule has 0 radical (unpaired) electrons. The minimum Gasteiger partial charge on any atom is -0.459 e. The molecule has 1 N–H and O–H groups in total. The van der Waals surface area contributed by atoms with Crippen LogP contribution in [0.5, 0.6) is 0 Å². The molecule has 5 nitrogen and oxygen atoms in total. The molecule has 1 amide bonds. The Morgan fingerprint density at radius 2 is 2.15 bits per heavy atom. The van der Waals surface area contributed by atoms with Crippen molar-refractivity contribution < 1.29 is 9.21 Å². The summed E-state index contributed by atoms with van der Waals surface area (Å²) in [6.45, 7) is 6.08. The highest BCUT2D eigenvalue weighted by atomic mass is 32.2. The van der Waals surface area contributed by atoms with E-state index in [2.05, 4.69) is 21.8 Å². The van der Waals surface area contributed by atoms with Crippen LogP contribution in [-0.4, -0.2) is 21.2 Å². The van der Waals surface area contributed by atoms with E-state index in [1.54, 1.807) is 0 Å². The molecule has 1 aromatic carbocycles. The summed E-state index contributed by atoms with van der Waals surface area (Å²) in [5.74, 6) is 1.12. The second kappa shape index (κ2) is 6.83. The minimum atomic E-state index is -0.165. The third kappa shape index (κ3) is 3.38. The molecule has 2 heterocycles. The van der Waals surface area contributed by atoms with Crippen LogP contribution in [0, 0.1) is 13.8 Å². The van der Waals surface area contributed by atoms with Gasteiger partial charge in [-0.2, -0.15) is 0 Å². The number of rotatable bonds is 6. The van der Waals surface area contributed by atoms with E-state index in [-0.39, 0.29) is 11.9 Å². The monoisotopic (exact) mass is 369 g/mol. The van der Waals surface area contributed by atoms with E-state index < -0.39 is 0 Å². The van der Waals surface area contributed by atoms with Gasteiger partial charge in [0.05, 0.1) is 17.5 Å². The number of nitrogens with one attached hydrogen (secondary N) is 1. The van der Waals surface area contributed by atoms with Gasteiger partial charge in [-0.25, -0.2) is 4.98 Å². The fourth-order valence-corrected chi connectivity index (χ4v) is 4.13.